The molecule has 1 saturated heterocycles. The van der Waals surface area contributed by atoms with Crippen molar-refractivity contribution in [2.24, 2.45) is 4.99 Å². The van der Waals surface area contributed by atoms with Crippen molar-refractivity contribution in [2.45, 2.75) is 32.4 Å². The summed E-state index contributed by atoms with van der Waals surface area (Å²) in [7, 11) is 1.84. The van der Waals surface area contributed by atoms with Crippen LogP contribution in [-0.2, 0) is 6.54 Å². The molecule has 3 rings (SSSR count). The van der Waals surface area contributed by atoms with Crippen molar-refractivity contribution < 1.29 is 0 Å². The third kappa shape index (κ3) is 4.75. The highest BCUT2D eigenvalue weighted by Crippen LogP contribution is 2.18. The number of nitrogens with zero attached hydrogens (tertiary/aromatic N) is 3. The van der Waals surface area contributed by atoms with Gasteiger partial charge in [-0.2, -0.15) is 0 Å². The number of aliphatic imine (C=N–C) groups is 1. The first kappa shape index (κ1) is 17.8. The predicted molar refractivity (Wildman–Crippen MR) is 106 cm³/mol. The predicted octanol–water partition coefficient (Wildman–Crippen LogP) is 2.21. The van der Waals surface area contributed by atoms with Gasteiger partial charge < -0.3 is 15.5 Å². The van der Waals surface area contributed by atoms with Gasteiger partial charge in [0.1, 0.15) is 0 Å². The van der Waals surface area contributed by atoms with Gasteiger partial charge >= 0.3 is 0 Å². The fourth-order valence-corrected chi connectivity index (χ4v) is 3.72. The van der Waals surface area contributed by atoms with E-state index < -0.39 is 0 Å². The van der Waals surface area contributed by atoms with Gasteiger partial charge in [0.15, 0.2) is 5.96 Å². The second-order valence-electron chi connectivity index (χ2n) is 6.78. The first-order valence-corrected chi connectivity index (χ1v) is 9.47. The molecular formula is C20H31N5. The molecule has 0 aromatic heterocycles. The summed E-state index contributed by atoms with van der Waals surface area (Å²) in [5.74, 6) is 0.885. The number of likely N-dealkylation sites (tertiary alicyclic amines) is 1. The lowest BCUT2D eigenvalue weighted by Crippen LogP contribution is -2.44. The Morgan fingerprint density at radius 2 is 2.08 bits per heavy atom. The van der Waals surface area contributed by atoms with Crippen molar-refractivity contribution >= 4 is 11.6 Å². The fourth-order valence-electron chi connectivity index (χ4n) is 3.72. The summed E-state index contributed by atoms with van der Waals surface area (Å²) in [4.78, 5) is 9.29. The molecule has 2 heterocycles. The van der Waals surface area contributed by atoms with E-state index in [2.05, 4.69) is 68.8 Å². The Morgan fingerprint density at radius 1 is 1.24 bits per heavy atom. The van der Waals surface area contributed by atoms with Gasteiger partial charge in [-0.05, 0) is 43.6 Å². The van der Waals surface area contributed by atoms with Crippen LogP contribution < -0.4 is 15.5 Å². The zero-order valence-electron chi connectivity index (χ0n) is 15.5. The number of rotatable bonds is 6. The fraction of sp³-hybridized carbons (Fsp3) is 0.550. The highest BCUT2D eigenvalue weighted by atomic mass is 15.2. The molecule has 2 aliphatic rings. The van der Waals surface area contributed by atoms with Crippen LogP contribution >= 0.6 is 0 Å². The van der Waals surface area contributed by atoms with Crippen molar-refractivity contribution in [3.63, 3.8) is 0 Å². The Morgan fingerprint density at radius 3 is 2.84 bits per heavy atom. The lowest BCUT2D eigenvalue weighted by Gasteiger charge is -2.24. The number of hydrogen-bond acceptors (Lipinski definition) is 3. The van der Waals surface area contributed by atoms with E-state index in [0.717, 1.165) is 38.7 Å². The molecule has 1 atom stereocenters. The van der Waals surface area contributed by atoms with Crippen molar-refractivity contribution in [3.8, 4) is 0 Å². The molecule has 1 unspecified atom stereocenters. The summed E-state index contributed by atoms with van der Waals surface area (Å²) in [5, 5.41) is 6.94. The number of anilines is 1. The number of hydrogen-bond donors (Lipinski definition) is 2. The molecule has 0 aliphatic carbocycles. The summed E-state index contributed by atoms with van der Waals surface area (Å²) in [5.41, 5.74) is 2.57. The Bertz CT molecular complexity index is 602. The zero-order valence-corrected chi connectivity index (χ0v) is 15.5. The van der Waals surface area contributed by atoms with E-state index in [1.807, 2.05) is 7.05 Å². The lowest BCUT2D eigenvalue weighted by molar-refractivity contribution is 0.267. The van der Waals surface area contributed by atoms with Gasteiger partial charge in [0, 0.05) is 45.0 Å². The van der Waals surface area contributed by atoms with Crippen molar-refractivity contribution in [2.75, 3.05) is 44.7 Å². The highest BCUT2D eigenvalue weighted by Gasteiger charge is 2.22. The van der Waals surface area contributed by atoms with Crippen LogP contribution in [-0.4, -0.2) is 56.7 Å². The Kier molecular flexibility index (Phi) is 6.34. The number of likely N-dealkylation sites (N-methyl/N-ethyl adjacent to an activating group) is 1. The molecule has 1 aromatic rings. The SMILES string of the molecule is CCN1CCCC1CNC(=NC)NCc1cccc(N2CC=CC2)c1. The van der Waals surface area contributed by atoms with Crippen LogP contribution in [0.1, 0.15) is 25.3 Å². The molecule has 1 aromatic carbocycles. The van der Waals surface area contributed by atoms with Gasteiger partial charge in [-0.3, -0.25) is 9.89 Å². The number of benzene rings is 1. The van der Waals surface area contributed by atoms with Crippen molar-refractivity contribution in [3.05, 3.63) is 42.0 Å². The molecule has 5 nitrogen and oxygen atoms in total. The molecular weight excluding hydrogens is 310 g/mol. The van der Waals surface area contributed by atoms with E-state index in [-0.39, 0.29) is 0 Å². The van der Waals surface area contributed by atoms with E-state index in [1.54, 1.807) is 0 Å². The van der Waals surface area contributed by atoms with Crippen LogP contribution in [0.3, 0.4) is 0 Å². The Hall–Kier alpha value is -2.01. The minimum Gasteiger partial charge on any atom is -0.364 e. The molecule has 0 spiro atoms. The average molecular weight is 342 g/mol. The maximum atomic E-state index is 4.37. The topological polar surface area (TPSA) is 42.9 Å². The maximum Gasteiger partial charge on any atom is 0.191 e. The molecule has 5 heteroatoms. The summed E-state index contributed by atoms with van der Waals surface area (Å²) in [6, 6.07) is 9.39. The standard InChI is InChI=1S/C20H31N5/c1-3-24-13-7-10-19(24)16-23-20(21-2)22-15-17-8-6-9-18(14-17)25-11-4-5-12-25/h4-6,8-9,14,19H,3,7,10-13,15-16H2,1-2H3,(H2,21,22,23). The Balaban J connectivity index is 1.48. The number of nitrogens with one attached hydrogen (secondary N) is 2. The molecule has 0 saturated carbocycles. The molecule has 136 valence electrons. The maximum absolute atomic E-state index is 4.37. The minimum atomic E-state index is 0.634. The van der Waals surface area contributed by atoms with Gasteiger partial charge in [0.05, 0.1) is 0 Å². The van der Waals surface area contributed by atoms with Crippen molar-refractivity contribution in [1.82, 2.24) is 15.5 Å². The van der Waals surface area contributed by atoms with Crippen LogP contribution in [0.2, 0.25) is 0 Å². The third-order valence-electron chi connectivity index (χ3n) is 5.19. The van der Waals surface area contributed by atoms with E-state index >= 15 is 0 Å². The highest BCUT2D eigenvalue weighted by molar-refractivity contribution is 5.79. The van der Waals surface area contributed by atoms with Gasteiger partial charge in [-0.15, -0.1) is 0 Å². The third-order valence-corrected chi connectivity index (χ3v) is 5.19. The summed E-state index contributed by atoms with van der Waals surface area (Å²) < 4.78 is 0. The van der Waals surface area contributed by atoms with E-state index in [0.29, 0.717) is 6.04 Å². The number of guanidine groups is 1. The minimum absolute atomic E-state index is 0.634. The lowest BCUT2D eigenvalue weighted by atomic mass is 10.2. The summed E-state index contributed by atoms with van der Waals surface area (Å²) in [6.07, 6.45) is 7.03. The van der Waals surface area contributed by atoms with Gasteiger partial charge in [-0.25, -0.2) is 0 Å². The second kappa shape index (κ2) is 8.90. The van der Waals surface area contributed by atoms with Crippen LogP contribution in [0.25, 0.3) is 0 Å². The first-order valence-electron chi connectivity index (χ1n) is 9.47. The van der Waals surface area contributed by atoms with E-state index in [4.69, 9.17) is 0 Å². The molecule has 0 bridgehead atoms. The first-order chi connectivity index (χ1) is 12.3. The molecule has 2 aliphatic heterocycles. The normalized spacial score (nSPS) is 21.1. The van der Waals surface area contributed by atoms with Gasteiger partial charge in [0.25, 0.3) is 0 Å². The van der Waals surface area contributed by atoms with Crippen LogP contribution in [0.4, 0.5) is 5.69 Å². The zero-order chi connectivity index (χ0) is 17.5. The van der Waals surface area contributed by atoms with Crippen LogP contribution in [0, 0.1) is 0 Å². The van der Waals surface area contributed by atoms with E-state index in [1.165, 1.54) is 30.6 Å². The van der Waals surface area contributed by atoms with Crippen molar-refractivity contribution in [1.29, 1.82) is 0 Å². The summed E-state index contributed by atoms with van der Waals surface area (Å²) >= 11 is 0. The van der Waals surface area contributed by atoms with Gasteiger partial charge in [0.2, 0.25) is 0 Å². The monoisotopic (exact) mass is 341 g/mol. The Labute approximate surface area is 151 Å². The largest absolute Gasteiger partial charge is 0.364 e. The van der Waals surface area contributed by atoms with Gasteiger partial charge in [-0.1, -0.05) is 31.2 Å². The second-order valence-corrected chi connectivity index (χ2v) is 6.78. The smallest absolute Gasteiger partial charge is 0.191 e. The molecule has 1 fully saturated rings. The average Bonchev–Trinajstić information content (AvgIpc) is 3.33. The summed E-state index contributed by atoms with van der Waals surface area (Å²) in [6.45, 7) is 8.38. The molecule has 25 heavy (non-hydrogen) atoms. The quantitative estimate of drug-likeness (QED) is 0.473. The van der Waals surface area contributed by atoms with Crippen LogP contribution in [0.15, 0.2) is 41.4 Å². The van der Waals surface area contributed by atoms with Crippen LogP contribution in [0.5, 0.6) is 0 Å². The molecule has 0 radical (unpaired) electrons. The van der Waals surface area contributed by atoms with E-state index in [9.17, 15) is 0 Å². The molecule has 2 N–H and O–H groups in total. The molecule has 0 amide bonds.